The van der Waals surface area contributed by atoms with Crippen LogP contribution in [0.1, 0.15) is 60.3 Å². The first-order valence-corrected chi connectivity index (χ1v) is 10.5. The summed E-state index contributed by atoms with van der Waals surface area (Å²) in [7, 11) is 0. The van der Waals surface area contributed by atoms with Gasteiger partial charge in [-0.25, -0.2) is 4.79 Å². The van der Waals surface area contributed by atoms with Crippen molar-refractivity contribution in [1.29, 1.82) is 0 Å². The fourth-order valence-corrected chi connectivity index (χ4v) is 2.79. The second-order valence-electron chi connectivity index (χ2n) is 8.24. The van der Waals surface area contributed by atoms with Gasteiger partial charge in [-0.2, -0.15) is 0 Å². The van der Waals surface area contributed by atoms with E-state index in [0.717, 1.165) is 0 Å². The molecule has 31 heavy (non-hydrogen) atoms. The van der Waals surface area contributed by atoms with Gasteiger partial charge in [0.25, 0.3) is 0 Å². The van der Waals surface area contributed by atoms with Crippen LogP contribution >= 0.6 is 0 Å². The van der Waals surface area contributed by atoms with Crippen LogP contribution in [0.5, 0.6) is 0 Å². The summed E-state index contributed by atoms with van der Waals surface area (Å²) < 4.78 is 0. The maximum Gasteiger partial charge on any atom is 0.326 e. The Morgan fingerprint density at radius 1 is 0.903 bits per heavy atom. The van der Waals surface area contributed by atoms with Gasteiger partial charge in [0.15, 0.2) is 0 Å². The second-order valence-corrected chi connectivity index (χ2v) is 8.24. The number of hydrogen-bond donors (Lipinski definition) is 6. The molecule has 0 fully saturated rings. The average molecular weight is 444 g/mol. The maximum absolute atomic E-state index is 12.7. The molecule has 0 aromatic heterocycles. The van der Waals surface area contributed by atoms with Crippen LogP contribution in [0.15, 0.2) is 0 Å². The maximum atomic E-state index is 12.7. The molecule has 4 amide bonds. The van der Waals surface area contributed by atoms with E-state index in [4.69, 9.17) is 11.5 Å². The highest BCUT2D eigenvalue weighted by Crippen LogP contribution is 2.10. The van der Waals surface area contributed by atoms with Crippen molar-refractivity contribution in [3.63, 3.8) is 0 Å². The molecule has 11 nitrogen and oxygen atoms in total. The molecule has 0 bridgehead atoms. The number of nitrogens with two attached hydrogens (primary N) is 2. The highest BCUT2D eigenvalue weighted by atomic mass is 16.4. The van der Waals surface area contributed by atoms with E-state index in [1.54, 1.807) is 6.92 Å². The zero-order chi connectivity index (χ0) is 24.3. The molecular formula is C20H37N5O6. The Bertz CT molecular complexity index is 654. The Kier molecular flexibility index (Phi) is 12.4. The van der Waals surface area contributed by atoms with Crippen LogP contribution in [0.3, 0.4) is 0 Å². The van der Waals surface area contributed by atoms with Crippen molar-refractivity contribution in [2.75, 3.05) is 0 Å². The van der Waals surface area contributed by atoms with E-state index in [9.17, 15) is 29.1 Å². The van der Waals surface area contributed by atoms with Crippen molar-refractivity contribution in [2.24, 2.45) is 23.3 Å². The highest BCUT2D eigenvalue weighted by Gasteiger charge is 2.31. The number of carbonyl (C=O) groups excluding carboxylic acids is 4. The number of aliphatic carboxylic acids is 1. The normalized spacial score (nSPS) is 15.8. The van der Waals surface area contributed by atoms with Gasteiger partial charge in [-0.05, 0) is 31.6 Å². The first-order valence-electron chi connectivity index (χ1n) is 10.5. The number of nitrogens with one attached hydrogen (secondary N) is 3. The molecular weight excluding hydrogens is 406 g/mol. The van der Waals surface area contributed by atoms with Gasteiger partial charge in [0.05, 0.1) is 6.04 Å². The number of hydrogen-bond acceptors (Lipinski definition) is 6. The number of rotatable bonds is 14. The lowest BCUT2D eigenvalue weighted by Crippen LogP contribution is -2.58. The summed E-state index contributed by atoms with van der Waals surface area (Å²) in [6, 6.07) is -4.06. The quantitative estimate of drug-likeness (QED) is 0.203. The Hall–Kier alpha value is -2.69. The first kappa shape index (κ1) is 28.3. The van der Waals surface area contributed by atoms with E-state index in [-0.39, 0.29) is 24.7 Å². The third-order valence-electron chi connectivity index (χ3n) is 4.90. The molecule has 0 spiro atoms. The van der Waals surface area contributed by atoms with Crippen molar-refractivity contribution >= 4 is 29.6 Å². The number of carboxylic acids is 1. The molecule has 11 heteroatoms. The third-order valence-corrected chi connectivity index (χ3v) is 4.90. The zero-order valence-electron chi connectivity index (χ0n) is 18.9. The molecule has 0 saturated carbocycles. The fourth-order valence-electron chi connectivity index (χ4n) is 2.79. The summed E-state index contributed by atoms with van der Waals surface area (Å²) in [4.78, 5) is 59.7. The first-order chi connectivity index (χ1) is 14.3. The summed E-state index contributed by atoms with van der Waals surface area (Å²) in [5.74, 6) is -3.89. The molecule has 0 aromatic rings. The van der Waals surface area contributed by atoms with E-state index in [0.29, 0.717) is 12.8 Å². The van der Waals surface area contributed by atoms with Gasteiger partial charge in [0.2, 0.25) is 23.6 Å². The number of primary amides is 1. The van der Waals surface area contributed by atoms with Crippen molar-refractivity contribution in [2.45, 2.75) is 84.5 Å². The minimum absolute atomic E-state index is 0.169. The molecule has 0 aliphatic carbocycles. The van der Waals surface area contributed by atoms with E-state index >= 15 is 0 Å². The Labute approximate surface area is 183 Å². The Morgan fingerprint density at radius 3 is 1.94 bits per heavy atom. The van der Waals surface area contributed by atoms with Crippen molar-refractivity contribution in [3.05, 3.63) is 0 Å². The Morgan fingerprint density at radius 2 is 1.48 bits per heavy atom. The van der Waals surface area contributed by atoms with Crippen LogP contribution in [-0.4, -0.2) is 58.9 Å². The van der Waals surface area contributed by atoms with Gasteiger partial charge >= 0.3 is 5.97 Å². The summed E-state index contributed by atoms with van der Waals surface area (Å²) in [5.41, 5.74) is 10.9. The summed E-state index contributed by atoms with van der Waals surface area (Å²) in [6.07, 6.45) is 0.604. The van der Waals surface area contributed by atoms with Gasteiger partial charge in [-0.1, -0.05) is 34.1 Å². The van der Waals surface area contributed by atoms with Crippen molar-refractivity contribution in [1.82, 2.24) is 16.0 Å². The van der Waals surface area contributed by atoms with Gasteiger partial charge in [0.1, 0.15) is 18.1 Å². The van der Waals surface area contributed by atoms with Crippen LogP contribution in [0.4, 0.5) is 0 Å². The molecule has 0 rings (SSSR count). The minimum atomic E-state index is -1.32. The summed E-state index contributed by atoms with van der Waals surface area (Å²) >= 11 is 0. The van der Waals surface area contributed by atoms with Crippen LogP contribution in [0, 0.1) is 11.8 Å². The summed E-state index contributed by atoms with van der Waals surface area (Å²) in [5, 5.41) is 16.7. The van der Waals surface area contributed by atoms with Crippen LogP contribution in [-0.2, 0) is 24.0 Å². The van der Waals surface area contributed by atoms with Gasteiger partial charge in [-0.3, -0.25) is 19.2 Å². The molecule has 0 aliphatic rings. The molecule has 0 aromatic carbocycles. The average Bonchev–Trinajstić information content (AvgIpc) is 2.66. The summed E-state index contributed by atoms with van der Waals surface area (Å²) in [6.45, 7) is 8.85. The monoisotopic (exact) mass is 443 g/mol. The number of carboxylic acid groups (broad SMARTS) is 1. The number of amides is 4. The van der Waals surface area contributed by atoms with E-state index in [2.05, 4.69) is 16.0 Å². The van der Waals surface area contributed by atoms with Gasteiger partial charge in [0, 0.05) is 6.42 Å². The molecule has 5 atom stereocenters. The molecule has 0 aliphatic heterocycles. The van der Waals surface area contributed by atoms with E-state index < -0.39 is 53.8 Å². The fraction of sp³-hybridized carbons (Fsp3) is 0.750. The number of carbonyl (C=O) groups is 5. The predicted octanol–water partition coefficient (Wildman–Crippen LogP) is -0.770. The minimum Gasteiger partial charge on any atom is -0.480 e. The molecule has 178 valence electrons. The second kappa shape index (κ2) is 13.6. The molecule has 0 saturated heterocycles. The van der Waals surface area contributed by atoms with Gasteiger partial charge in [-0.15, -0.1) is 0 Å². The molecule has 0 radical (unpaired) electrons. The van der Waals surface area contributed by atoms with Crippen molar-refractivity contribution in [3.8, 4) is 0 Å². The lowest BCUT2D eigenvalue weighted by atomic mass is 9.97. The van der Waals surface area contributed by atoms with Gasteiger partial charge < -0.3 is 32.5 Å². The van der Waals surface area contributed by atoms with E-state index in [1.165, 1.54) is 6.92 Å². The third kappa shape index (κ3) is 10.8. The standard InChI is InChI=1S/C20H37N5O6/c1-6-11(4)16(19(29)24-14(20(30)31)7-8-15(22)26)25-17(27)12(5)23-18(28)13(21)9-10(2)3/h10-14,16H,6-9,21H2,1-5H3,(H2,22,26)(H,23,28)(H,24,29)(H,25,27)(H,30,31). The van der Waals surface area contributed by atoms with Crippen LogP contribution < -0.4 is 27.4 Å². The molecule has 8 N–H and O–H groups in total. The SMILES string of the molecule is CCC(C)C(NC(=O)C(C)NC(=O)C(N)CC(C)C)C(=O)NC(CCC(N)=O)C(=O)O. The van der Waals surface area contributed by atoms with Crippen LogP contribution in [0.2, 0.25) is 0 Å². The zero-order valence-corrected chi connectivity index (χ0v) is 18.9. The lowest BCUT2D eigenvalue weighted by molar-refractivity contribution is -0.143. The highest BCUT2D eigenvalue weighted by molar-refractivity contribution is 5.94. The Balaban J connectivity index is 5.16. The lowest BCUT2D eigenvalue weighted by Gasteiger charge is -2.27. The topological polar surface area (TPSA) is 194 Å². The van der Waals surface area contributed by atoms with Crippen LogP contribution in [0.25, 0.3) is 0 Å². The van der Waals surface area contributed by atoms with E-state index in [1.807, 2.05) is 20.8 Å². The predicted molar refractivity (Wildman–Crippen MR) is 114 cm³/mol. The molecule has 5 unspecified atom stereocenters. The smallest absolute Gasteiger partial charge is 0.326 e. The molecule has 0 heterocycles. The largest absolute Gasteiger partial charge is 0.480 e. The van der Waals surface area contributed by atoms with Crippen molar-refractivity contribution < 1.29 is 29.1 Å².